The predicted octanol–water partition coefficient (Wildman–Crippen LogP) is 5.04. The number of benzene rings is 2. The van der Waals surface area contributed by atoms with Gasteiger partial charge in [0.1, 0.15) is 0 Å². The van der Waals surface area contributed by atoms with Crippen molar-refractivity contribution in [2.45, 2.75) is 63.2 Å². The molecule has 0 spiro atoms. The zero-order valence-corrected chi connectivity index (χ0v) is 20.9. The van der Waals surface area contributed by atoms with E-state index in [0.29, 0.717) is 13.0 Å². The van der Waals surface area contributed by atoms with Crippen LogP contribution in [0.1, 0.15) is 43.2 Å². The number of amides is 2. The Bertz CT molecular complexity index is 1100. The molecule has 0 saturated heterocycles. The molecule has 5 nitrogen and oxygen atoms in total. The molecule has 2 amide bonds. The first-order valence-electron chi connectivity index (χ1n) is 13.0. The highest BCUT2D eigenvalue weighted by atomic mass is 19.4. The summed E-state index contributed by atoms with van der Waals surface area (Å²) in [5, 5.41) is 0. The summed E-state index contributed by atoms with van der Waals surface area (Å²) in [4.78, 5) is 28.2. The largest absolute Gasteiger partial charge is 0.471 e. The van der Waals surface area contributed by atoms with Gasteiger partial charge in [0.05, 0.1) is 6.04 Å². The minimum absolute atomic E-state index is 0.0880. The smallest absolute Gasteiger partial charge is 0.327 e. The first-order valence-corrected chi connectivity index (χ1v) is 13.0. The van der Waals surface area contributed by atoms with Crippen LogP contribution < -0.4 is 10.6 Å². The summed E-state index contributed by atoms with van der Waals surface area (Å²) < 4.78 is 41.2. The van der Waals surface area contributed by atoms with Crippen molar-refractivity contribution in [3.8, 4) is 0 Å². The van der Waals surface area contributed by atoms with Crippen LogP contribution in [-0.2, 0) is 22.4 Å². The normalized spacial score (nSPS) is 17.7. The van der Waals surface area contributed by atoms with Crippen molar-refractivity contribution >= 4 is 17.5 Å². The Hall–Kier alpha value is -3.13. The number of nitrogens with two attached hydrogens (primary N) is 1. The molecule has 198 valence electrons. The molecule has 2 N–H and O–H groups in total. The Morgan fingerprint density at radius 2 is 1.73 bits per heavy atom. The molecule has 2 aliphatic rings. The monoisotopic (exact) mass is 513 g/mol. The predicted molar refractivity (Wildman–Crippen MR) is 138 cm³/mol. The Morgan fingerprint density at radius 1 is 1.05 bits per heavy atom. The lowest BCUT2D eigenvalue weighted by atomic mass is 9.96. The molecule has 37 heavy (non-hydrogen) atoms. The molecule has 0 radical (unpaired) electrons. The first-order chi connectivity index (χ1) is 17.7. The van der Waals surface area contributed by atoms with Crippen LogP contribution in [0.25, 0.3) is 0 Å². The Labute approximate surface area is 216 Å². The van der Waals surface area contributed by atoms with Crippen LogP contribution in [0.2, 0.25) is 0 Å². The summed E-state index contributed by atoms with van der Waals surface area (Å²) in [7, 11) is 0. The van der Waals surface area contributed by atoms with Crippen LogP contribution in [0.4, 0.5) is 18.9 Å². The SMILES string of the molecule is N[C@H](CN(C(=O)C(F)(F)F)[C@H](/C=C/C(=O)N1CCc2ccccc21)CCc1ccccc1)C1CCCC1. The van der Waals surface area contributed by atoms with Gasteiger partial charge in [-0.05, 0) is 55.2 Å². The molecule has 2 atom stereocenters. The van der Waals surface area contributed by atoms with Gasteiger partial charge in [0.2, 0.25) is 0 Å². The molecule has 4 rings (SSSR count). The van der Waals surface area contributed by atoms with Crippen molar-refractivity contribution in [2.24, 2.45) is 11.7 Å². The summed E-state index contributed by atoms with van der Waals surface area (Å²) in [6.45, 7) is 0.308. The molecule has 1 saturated carbocycles. The number of carbonyl (C=O) groups excluding carboxylic acids is 2. The minimum atomic E-state index is -5.04. The van der Waals surface area contributed by atoms with Gasteiger partial charge in [-0.2, -0.15) is 13.2 Å². The second-order valence-corrected chi connectivity index (χ2v) is 9.98. The van der Waals surface area contributed by atoms with E-state index in [1.165, 1.54) is 12.2 Å². The second-order valence-electron chi connectivity index (χ2n) is 9.98. The standard InChI is InChI=1S/C29H34F3N3O2/c30-29(31,32)28(37)35(20-25(33)22-10-4-5-11-22)24(15-14-21-8-2-1-3-9-21)16-17-27(36)34-19-18-23-12-6-7-13-26(23)34/h1-3,6-9,12-13,16-17,22,24-25H,4-5,10-11,14-15,18-20,33H2/b17-16+/t24-,25+/m0/s1. The van der Waals surface area contributed by atoms with Gasteiger partial charge in [0.25, 0.3) is 5.91 Å². The molecule has 0 aromatic heterocycles. The minimum Gasteiger partial charge on any atom is -0.327 e. The van der Waals surface area contributed by atoms with Gasteiger partial charge in [-0.25, -0.2) is 0 Å². The zero-order valence-electron chi connectivity index (χ0n) is 20.9. The fourth-order valence-corrected chi connectivity index (χ4v) is 5.46. The van der Waals surface area contributed by atoms with E-state index >= 15 is 0 Å². The van der Waals surface area contributed by atoms with Crippen LogP contribution in [0, 0.1) is 5.92 Å². The number of hydrogen-bond donors (Lipinski definition) is 1. The third-order valence-corrected chi connectivity index (χ3v) is 7.50. The lowest BCUT2D eigenvalue weighted by molar-refractivity contribution is -0.187. The molecule has 2 aromatic rings. The van der Waals surface area contributed by atoms with E-state index in [0.717, 1.165) is 53.8 Å². The zero-order chi connectivity index (χ0) is 26.4. The maximum atomic E-state index is 13.7. The van der Waals surface area contributed by atoms with E-state index in [9.17, 15) is 22.8 Å². The number of halogens is 3. The number of fused-ring (bicyclic) bond motifs is 1. The van der Waals surface area contributed by atoms with Gasteiger partial charge in [0.15, 0.2) is 0 Å². The average Bonchev–Trinajstić information content (AvgIpc) is 3.58. The summed E-state index contributed by atoms with van der Waals surface area (Å²) >= 11 is 0. The summed E-state index contributed by atoms with van der Waals surface area (Å²) in [5.41, 5.74) is 9.17. The van der Waals surface area contributed by atoms with Gasteiger partial charge in [-0.1, -0.05) is 67.4 Å². The number of nitrogens with zero attached hydrogens (tertiary/aromatic N) is 2. The van der Waals surface area contributed by atoms with Crippen molar-refractivity contribution < 1.29 is 22.8 Å². The van der Waals surface area contributed by atoms with E-state index < -0.39 is 24.2 Å². The third-order valence-electron chi connectivity index (χ3n) is 7.50. The van der Waals surface area contributed by atoms with Gasteiger partial charge < -0.3 is 15.5 Å². The van der Waals surface area contributed by atoms with Crippen molar-refractivity contribution in [3.63, 3.8) is 0 Å². The number of hydrogen-bond acceptors (Lipinski definition) is 3. The molecule has 1 aliphatic carbocycles. The fraction of sp³-hybridized carbons (Fsp3) is 0.448. The molecule has 8 heteroatoms. The molecule has 1 heterocycles. The van der Waals surface area contributed by atoms with Crippen molar-refractivity contribution in [1.82, 2.24) is 4.90 Å². The third kappa shape index (κ3) is 6.80. The number of alkyl halides is 3. The van der Waals surface area contributed by atoms with E-state index in [4.69, 9.17) is 5.73 Å². The number of rotatable bonds is 9. The fourth-order valence-electron chi connectivity index (χ4n) is 5.46. The highest BCUT2D eigenvalue weighted by molar-refractivity contribution is 6.03. The Kier molecular flexibility index (Phi) is 8.69. The lowest BCUT2D eigenvalue weighted by Gasteiger charge is -2.34. The number of para-hydroxylation sites is 1. The van der Waals surface area contributed by atoms with Crippen LogP contribution >= 0.6 is 0 Å². The van der Waals surface area contributed by atoms with Crippen molar-refractivity contribution in [2.75, 3.05) is 18.0 Å². The molecular weight excluding hydrogens is 479 g/mol. The number of carbonyl (C=O) groups is 2. The maximum Gasteiger partial charge on any atom is 0.471 e. The molecule has 2 aromatic carbocycles. The maximum absolute atomic E-state index is 13.7. The van der Waals surface area contributed by atoms with E-state index in [1.807, 2.05) is 54.6 Å². The Balaban J connectivity index is 1.59. The van der Waals surface area contributed by atoms with Crippen LogP contribution in [0.5, 0.6) is 0 Å². The van der Waals surface area contributed by atoms with Crippen molar-refractivity contribution in [3.05, 3.63) is 77.9 Å². The quantitative estimate of drug-likeness (QED) is 0.478. The van der Waals surface area contributed by atoms with Crippen LogP contribution in [0.3, 0.4) is 0 Å². The van der Waals surface area contributed by atoms with Crippen molar-refractivity contribution in [1.29, 1.82) is 0 Å². The van der Waals surface area contributed by atoms with Crippen LogP contribution in [-0.4, -0.2) is 48.1 Å². The van der Waals surface area contributed by atoms with Gasteiger partial charge in [0, 0.05) is 30.9 Å². The van der Waals surface area contributed by atoms with Gasteiger partial charge in [-0.15, -0.1) is 0 Å². The van der Waals surface area contributed by atoms with E-state index in [1.54, 1.807) is 4.90 Å². The molecule has 0 bridgehead atoms. The topological polar surface area (TPSA) is 66.6 Å². The van der Waals surface area contributed by atoms with Gasteiger partial charge in [-0.3, -0.25) is 9.59 Å². The van der Waals surface area contributed by atoms with E-state index in [-0.39, 0.29) is 24.8 Å². The summed E-state index contributed by atoms with van der Waals surface area (Å²) in [5.74, 6) is -2.14. The number of anilines is 1. The molecular formula is C29H34F3N3O2. The first kappa shape index (κ1) is 26.9. The average molecular weight is 514 g/mol. The molecule has 0 unspecified atom stereocenters. The lowest BCUT2D eigenvalue weighted by Crippen LogP contribution is -2.52. The number of aryl methyl sites for hydroxylation is 1. The second kappa shape index (κ2) is 11.9. The summed E-state index contributed by atoms with van der Waals surface area (Å²) in [6.07, 6.45) is 2.85. The molecule has 1 fully saturated rings. The molecule has 1 aliphatic heterocycles. The highest BCUT2D eigenvalue weighted by Crippen LogP contribution is 2.30. The van der Waals surface area contributed by atoms with Gasteiger partial charge >= 0.3 is 12.1 Å². The van der Waals surface area contributed by atoms with E-state index in [2.05, 4.69) is 0 Å². The van der Waals surface area contributed by atoms with Crippen LogP contribution in [0.15, 0.2) is 66.7 Å². The summed E-state index contributed by atoms with van der Waals surface area (Å²) in [6, 6.07) is 15.5. The Morgan fingerprint density at radius 3 is 2.43 bits per heavy atom. The highest BCUT2D eigenvalue weighted by Gasteiger charge is 2.45.